The molecule has 94 valence electrons. The van der Waals surface area contributed by atoms with Crippen LogP contribution in [-0.2, 0) is 24.7 Å². The molecule has 0 spiro atoms. The Morgan fingerprint density at radius 3 is 2.71 bits per heavy atom. The maximum absolute atomic E-state index is 12.0. The zero-order chi connectivity index (χ0) is 12.4. The van der Waals surface area contributed by atoms with Crippen LogP contribution in [0.1, 0.15) is 44.0 Å². The fourth-order valence-corrected chi connectivity index (χ4v) is 3.05. The van der Waals surface area contributed by atoms with E-state index in [1.165, 1.54) is 19.3 Å². The van der Waals surface area contributed by atoms with Gasteiger partial charge in [0.1, 0.15) is 5.78 Å². The van der Waals surface area contributed by atoms with Crippen molar-refractivity contribution >= 4 is 21.7 Å². The third-order valence-electron chi connectivity index (χ3n) is 3.61. The van der Waals surface area contributed by atoms with Gasteiger partial charge in [-0.25, -0.2) is 0 Å². The standard InChI is InChI=1S/C13H19BrN2O/c1-3-11-13(14)12(16(2)15-11)8-10(17)7-9-5-4-6-9/h9H,3-8H2,1-2H3. The van der Waals surface area contributed by atoms with E-state index in [-0.39, 0.29) is 0 Å². The summed E-state index contributed by atoms with van der Waals surface area (Å²) in [6.45, 7) is 2.08. The predicted octanol–water partition coefficient (Wildman–Crippen LogP) is 3.05. The topological polar surface area (TPSA) is 34.9 Å². The first-order valence-corrected chi connectivity index (χ1v) is 7.13. The van der Waals surface area contributed by atoms with E-state index in [0.29, 0.717) is 18.1 Å². The maximum atomic E-state index is 12.0. The van der Waals surface area contributed by atoms with Crippen molar-refractivity contribution in [3.63, 3.8) is 0 Å². The third-order valence-corrected chi connectivity index (χ3v) is 4.52. The van der Waals surface area contributed by atoms with Crippen LogP contribution < -0.4 is 0 Å². The minimum absolute atomic E-state index is 0.348. The summed E-state index contributed by atoms with van der Waals surface area (Å²) in [5, 5.41) is 4.41. The summed E-state index contributed by atoms with van der Waals surface area (Å²) in [5.41, 5.74) is 2.06. The molecule has 1 fully saturated rings. The highest BCUT2D eigenvalue weighted by atomic mass is 79.9. The number of rotatable bonds is 5. The minimum atomic E-state index is 0.348. The first-order valence-electron chi connectivity index (χ1n) is 6.33. The van der Waals surface area contributed by atoms with E-state index < -0.39 is 0 Å². The van der Waals surface area contributed by atoms with Gasteiger partial charge in [0, 0.05) is 19.9 Å². The Balaban J connectivity index is 2.01. The lowest BCUT2D eigenvalue weighted by atomic mass is 9.81. The van der Waals surface area contributed by atoms with E-state index in [2.05, 4.69) is 28.0 Å². The highest BCUT2D eigenvalue weighted by molar-refractivity contribution is 9.10. The molecular formula is C13H19BrN2O. The van der Waals surface area contributed by atoms with Gasteiger partial charge in [-0.05, 0) is 28.3 Å². The molecule has 1 aromatic heterocycles. The first-order chi connectivity index (χ1) is 8.11. The first kappa shape index (κ1) is 12.8. The Bertz CT molecular complexity index is 421. The quantitative estimate of drug-likeness (QED) is 0.837. The molecule has 4 heteroatoms. The Hall–Kier alpha value is -0.640. The summed E-state index contributed by atoms with van der Waals surface area (Å²) < 4.78 is 2.85. The molecule has 1 heterocycles. The fourth-order valence-electron chi connectivity index (χ4n) is 2.29. The molecule has 0 radical (unpaired) electrons. The third kappa shape index (κ3) is 2.79. The zero-order valence-electron chi connectivity index (χ0n) is 10.5. The van der Waals surface area contributed by atoms with Gasteiger partial charge in [0.15, 0.2) is 0 Å². The van der Waals surface area contributed by atoms with Crippen LogP contribution in [0.5, 0.6) is 0 Å². The number of hydrogen-bond donors (Lipinski definition) is 0. The van der Waals surface area contributed by atoms with Crippen molar-refractivity contribution in [3.8, 4) is 0 Å². The highest BCUT2D eigenvalue weighted by Gasteiger charge is 2.22. The average molecular weight is 299 g/mol. The van der Waals surface area contributed by atoms with Crippen LogP contribution in [0.3, 0.4) is 0 Å². The van der Waals surface area contributed by atoms with Gasteiger partial charge in [0.2, 0.25) is 0 Å². The molecule has 0 N–H and O–H groups in total. The minimum Gasteiger partial charge on any atom is -0.299 e. The summed E-state index contributed by atoms with van der Waals surface area (Å²) in [6.07, 6.45) is 5.93. The van der Waals surface area contributed by atoms with Gasteiger partial charge in [0.25, 0.3) is 0 Å². The van der Waals surface area contributed by atoms with Crippen molar-refractivity contribution in [2.75, 3.05) is 0 Å². The number of ketones is 1. The Morgan fingerprint density at radius 1 is 1.53 bits per heavy atom. The second kappa shape index (κ2) is 5.34. The summed E-state index contributed by atoms with van der Waals surface area (Å²) in [7, 11) is 1.91. The molecule has 2 rings (SSSR count). The van der Waals surface area contributed by atoms with Crippen molar-refractivity contribution in [1.29, 1.82) is 0 Å². The molecular weight excluding hydrogens is 280 g/mol. The van der Waals surface area contributed by atoms with Gasteiger partial charge in [-0.15, -0.1) is 0 Å². The van der Waals surface area contributed by atoms with Crippen molar-refractivity contribution in [1.82, 2.24) is 9.78 Å². The predicted molar refractivity (Wildman–Crippen MR) is 71.0 cm³/mol. The Kier molecular flexibility index (Phi) is 4.02. The maximum Gasteiger partial charge on any atom is 0.139 e. The second-order valence-corrected chi connectivity index (χ2v) is 5.69. The number of Topliss-reactive ketones (excluding diaryl/α,β-unsaturated/α-hetero) is 1. The number of aryl methyl sites for hydroxylation is 2. The van der Waals surface area contributed by atoms with Gasteiger partial charge in [-0.1, -0.05) is 26.2 Å². The second-order valence-electron chi connectivity index (χ2n) is 4.90. The number of aromatic nitrogens is 2. The summed E-state index contributed by atoms with van der Waals surface area (Å²) >= 11 is 3.55. The van der Waals surface area contributed by atoms with Crippen molar-refractivity contribution in [3.05, 3.63) is 15.9 Å². The molecule has 3 nitrogen and oxygen atoms in total. The van der Waals surface area contributed by atoms with E-state index in [0.717, 1.165) is 28.7 Å². The molecule has 1 aromatic rings. The molecule has 17 heavy (non-hydrogen) atoms. The molecule has 1 saturated carbocycles. The normalized spacial score (nSPS) is 15.9. The smallest absolute Gasteiger partial charge is 0.139 e. The van der Waals surface area contributed by atoms with Crippen LogP contribution in [0.25, 0.3) is 0 Å². The van der Waals surface area contributed by atoms with E-state index in [9.17, 15) is 4.79 Å². The van der Waals surface area contributed by atoms with Gasteiger partial charge >= 0.3 is 0 Å². The fraction of sp³-hybridized carbons (Fsp3) is 0.692. The number of carbonyl (C=O) groups excluding carboxylic acids is 1. The highest BCUT2D eigenvalue weighted by Crippen LogP contribution is 2.30. The van der Waals surface area contributed by atoms with Crippen LogP contribution in [0.15, 0.2) is 4.47 Å². The van der Waals surface area contributed by atoms with Crippen molar-refractivity contribution in [2.24, 2.45) is 13.0 Å². The van der Waals surface area contributed by atoms with E-state index >= 15 is 0 Å². The van der Waals surface area contributed by atoms with E-state index in [1.807, 2.05) is 11.7 Å². The lowest BCUT2D eigenvalue weighted by Crippen LogP contribution is -2.18. The lowest BCUT2D eigenvalue weighted by Gasteiger charge is -2.24. The van der Waals surface area contributed by atoms with Crippen LogP contribution in [-0.4, -0.2) is 15.6 Å². The van der Waals surface area contributed by atoms with Crippen molar-refractivity contribution in [2.45, 2.75) is 45.4 Å². The summed E-state index contributed by atoms with van der Waals surface area (Å²) in [6, 6.07) is 0. The monoisotopic (exact) mass is 298 g/mol. The summed E-state index contributed by atoms with van der Waals surface area (Å²) in [4.78, 5) is 12.0. The number of carbonyl (C=O) groups is 1. The molecule has 0 saturated heterocycles. The van der Waals surface area contributed by atoms with Crippen LogP contribution in [0.2, 0.25) is 0 Å². The van der Waals surface area contributed by atoms with Gasteiger partial charge in [-0.3, -0.25) is 9.48 Å². The summed E-state index contributed by atoms with van der Waals surface area (Å²) in [5.74, 6) is 1.00. The molecule has 1 aliphatic carbocycles. The molecule has 0 aromatic carbocycles. The Morgan fingerprint density at radius 2 is 2.24 bits per heavy atom. The number of hydrogen-bond acceptors (Lipinski definition) is 2. The molecule has 0 aliphatic heterocycles. The van der Waals surface area contributed by atoms with Crippen LogP contribution in [0.4, 0.5) is 0 Å². The zero-order valence-corrected chi connectivity index (χ0v) is 12.1. The number of nitrogens with zero attached hydrogens (tertiary/aromatic N) is 2. The Labute approximate surface area is 111 Å². The van der Waals surface area contributed by atoms with Crippen LogP contribution in [0, 0.1) is 5.92 Å². The SMILES string of the molecule is CCc1nn(C)c(CC(=O)CC2CCC2)c1Br. The average Bonchev–Trinajstić information content (AvgIpc) is 2.51. The molecule has 0 unspecified atom stereocenters. The molecule has 0 bridgehead atoms. The van der Waals surface area contributed by atoms with Gasteiger partial charge in [0.05, 0.1) is 15.9 Å². The largest absolute Gasteiger partial charge is 0.299 e. The van der Waals surface area contributed by atoms with E-state index in [4.69, 9.17) is 0 Å². The molecule has 0 amide bonds. The molecule has 0 atom stereocenters. The van der Waals surface area contributed by atoms with E-state index in [1.54, 1.807) is 0 Å². The lowest BCUT2D eigenvalue weighted by molar-refractivity contribution is -0.120. The number of halogens is 1. The molecule has 1 aliphatic rings. The van der Waals surface area contributed by atoms with Crippen molar-refractivity contribution < 1.29 is 4.79 Å². The van der Waals surface area contributed by atoms with Gasteiger partial charge < -0.3 is 0 Å². The van der Waals surface area contributed by atoms with Crippen LogP contribution >= 0.6 is 15.9 Å². The van der Waals surface area contributed by atoms with Gasteiger partial charge in [-0.2, -0.15) is 5.10 Å².